The van der Waals surface area contributed by atoms with Gasteiger partial charge in [-0.2, -0.15) is 0 Å². The van der Waals surface area contributed by atoms with Crippen molar-refractivity contribution < 1.29 is 9.18 Å². The number of rotatable bonds is 4. The molecule has 0 unspecified atom stereocenters. The third-order valence-electron chi connectivity index (χ3n) is 3.02. The van der Waals surface area contributed by atoms with E-state index in [1.54, 1.807) is 17.1 Å². The fraction of sp³-hybridized carbons (Fsp3) is 0.188. The lowest BCUT2D eigenvalue weighted by Crippen LogP contribution is -2.42. The van der Waals surface area contributed by atoms with Crippen LogP contribution in [0.5, 0.6) is 0 Å². The van der Waals surface area contributed by atoms with E-state index in [0.717, 1.165) is 11.3 Å². The number of nitrogens with zero attached hydrogens (tertiary/aromatic N) is 1. The molecule has 0 fully saturated rings. The van der Waals surface area contributed by atoms with Crippen molar-refractivity contribution in [1.29, 1.82) is 0 Å². The van der Waals surface area contributed by atoms with Crippen LogP contribution in [0.2, 0.25) is 0 Å². The highest BCUT2D eigenvalue weighted by Gasteiger charge is 2.14. The minimum absolute atomic E-state index is 0.0399. The van der Waals surface area contributed by atoms with Crippen molar-refractivity contribution in [3.05, 3.63) is 65.5 Å². The van der Waals surface area contributed by atoms with E-state index in [1.807, 2.05) is 38.1 Å². The normalized spacial score (nSPS) is 10.2. The van der Waals surface area contributed by atoms with Gasteiger partial charge in [-0.15, -0.1) is 0 Å². The Morgan fingerprint density at radius 2 is 1.80 bits per heavy atom. The van der Waals surface area contributed by atoms with Crippen molar-refractivity contribution in [3.8, 4) is 0 Å². The molecule has 2 rings (SSSR count). The van der Waals surface area contributed by atoms with Crippen LogP contribution in [0.3, 0.4) is 0 Å². The molecule has 0 aliphatic rings. The van der Waals surface area contributed by atoms with Gasteiger partial charge in [0.2, 0.25) is 0 Å². The molecule has 0 saturated heterocycles. The second-order valence-electron chi connectivity index (χ2n) is 4.50. The first-order valence-corrected chi connectivity index (χ1v) is 6.51. The van der Waals surface area contributed by atoms with Crippen LogP contribution in [-0.2, 0) is 0 Å². The summed E-state index contributed by atoms with van der Waals surface area (Å²) in [5, 5.41) is 1.69. The zero-order valence-electron chi connectivity index (χ0n) is 11.6. The number of hydrazine groups is 1. The van der Waals surface area contributed by atoms with Gasteiger partial charge < -0.3 is 0 Å². The Morgan fingerprint density at radius 1 is 1.15 bits per heavy atom. The van der Waals surface area contributed by atoms with Gasteiger partial charge in [-0.3, -0.25) is 15.2 Å². The molecule has 0 aliphatic heterocycles. The molecule has 0 radical (unpaired) electrons. The van der Waals surface area contributed by atoms with Gasteiger partial charge >= 0.3 is 0 Å². The Morgan fingerprint density at radius 3 is 2.40 bits per heavy atom. The van der Waals surface area contributed by atoms with Gasteiger partial charge in [-0.1, -0.05) is 29.8 Å². The number of halogens is 1. The fourth-order valence-electron chi connectivity index (χ4n) is 1.88. The maximum Gasteiger partial charge on any atom is 0.272 e. The molecule has 0 heterocycles. The summed E-state index contributed by atoms with van der Waals surface area (Å²) < 4.78 is 13.6. The van der Waals surface area contributed by atoms with Gasteiger partial charge in [0.1, 0.15) is 5.82 Å². The standard InChI is InChI=1S/C16H17FN2O/c1-3-19(13-10-8-12(2)9-11-13)18-16(20)14-6-4-5-7-15(14)17/h4-11H,3H2,1-2H3,(H,18,20). The largest absolute Gasteiger partial charge is 0.286 e. The van der Waals surface area contributed by atoms with Gasteiger partial charge in [0.15, 0.2) is 0 Å². The first-order valence-electron chi connectivity index (χ1n) is 6.51. The fourth-order valence-corrected chi connectivity index (χ4v) is 1.88. The van der Waals surface area contributed by atoms with Crippen LogP contribution in [0.25, 0.3) is 0 Å². The third-order valence-corrected chi connectivity index (χ3v) is 3.02. The van der Waals surface area contributed by atoms with Gasteiger partial charge in [-0.25, -0.2) is 4.39 Å². The molecule has 0 atom stereocenters. The summed E-state index contributed by atoms with van der Waals surface area (Å²) >= 11 is 0. The zero-order valence-corrected chi connectivity index (χ0v) is 11.6. The van der Waals surface area contributed by atoms with Crippen molar-refractivity contribution >= 4 is 11.6 Å². The number of carbonyl (C=O) groups excluding carboxylic acids is 1. The number of benzene rings is 2. The Bertz CT molecular complexity index is 596. The summed E-state index contributed by atoms with van der Waals surface area (Å²) in [7, 11) is 0. The maximum atomic E-state index is 13.6. The molecule has 2 aromatic rings. The third kappa shape index (κ3) is 3.15. The lowest BCUT2D eigenvalue weighted by molar-refractivity contribution is 0.0945. The monoisotopic (exact) mass is 272 g/mol. The van der Waals surface area contributed by atoms with Crippen molar-refractivity contribution in [2.45, 2.75) is 13.8 Å². The van der Waals surface area contributed by atoms with Crippen LogP contribution < -0.4 is 10.4 Å². The quantitative estimate of drug-likeness (QED) is 0.866. The molecular formula is C16H17FN2O. The molecule has 1 amide bonds. The van der Waals surface area contributed by atoms with Crippen molar-refractivity contribution in [2.24, 2.45) is 0 Å². The number of amides is 1. The van der Waals surface area contributed by atoms with E-state index in [0.29, 0.717) is 6.54 Å². The predicted molar refractivity (Wildman–Crippen MR) is 78.1 cm³/mol. The van der Waals surface area contributed by atoms with Gasteiger partial charge in [-0.05, 0) is 38.1 Å². The van der Waals surface area contributed by atoms with E-state index in [4.69, 9.17) is 0 Å². The first-order chi connectivity index (χ1) is 9.61. The van der Waals surface area contributed by atoms with Crippen LogP contribution >= 0.6 is 0 Å². The second kappa shape index (κ2) is 6.19. The van der Waals surface area contributed by atoms with Crippen LogP contribution in [0.4, 0.5) is 10.1 Å². The van der Waals surface area contributed by atoms with E-state index in [1.165, 1.54) is 12.1 Å². The van der Waals surface area contributed by atoms with E-state index < -0.39 is 11.7 Å². The molecule has 0 spiro atoms. The SMILES string of the molecule is CCN(NC(=O)c1ccccc1F)c1ccc(C)cc1. The highest BCUT2D eigenvalue weighted by Crippen LogP contribution is 2.14. The minimum Gasteiger partial charge on any atom is -0.286 e. The molecule has 104 valence electrons. The molecular weight excluding hydrogens is 255 g/mol. The summed E-state index contributed by atoms with van der Waals surface area (Å²) in [4.78, 5) is 12.1. The topological polar surface area (TPSA) is 32.3 Å². The lowest BCUT2D eigenvalue weighted by Gasteiger charge is -2.24. The summed E-state index contributed by atoms with van der Waals surface area (Å²) in [6.45, 7) is 4.50. The summed E-state index contributed by atoms with van der Waals surface area (Å²) in [6, 6.07) is 13.7. The highest BCUT2D eigenvalue weighted by atomic mass is 19.1. The molecule has 4 heteroatoms. The van der Waals surface area contributed by atoms with E-state index in [2.05, 4.69) is 5.43 Å². The number of nitrogens with one attached hydrogen (secondary N) is 1. The van der Waals surface area contributed by atoms with Crippen LogP contribution in [0.15, 0.2) is 48.5 Å². The van der Waals surface area contributed by atoms with Gasteiger partial charge in [0, 0.05) is 6.54 Å². The number of anilines is 1. The second-order valence-corrected chi connectivity index (χ2v) is 4.50. The highest BCUT2D eigenvalue weighted by molar-refractivity contribution is 5.95. The molecule has 0 aliphatic carbocycles. The van der Waals surface area contributed by atoms with Crippen LogP contribution in [0.1, 0.15) is 22.8 Å². The molecule has 3 nitrogen and oxygen atoms in total. The Kier molecular flexibility index (Phi) is 4.35. The maximum absolute atomic E-state index is 13.6. The Labute approximate surface area is 118 Å². The smallest absolute Gasteiger partial charge is 0.272 e. The molecule has 20 heavy (non-hydrogen) atoms. The lowest BCUT2D eigenvalue weighted by atomic mass is 10.2. The number of hydrogen-bond acceptors (Lipinski definition) is 2. The van der Waals surface area contributed by atoms with Gasteiger partial charge in [0.05, 0.1) is 11.3 Å². The molecule has 0 aromatic heterocycles. The van der Waals surface area contributed by atoms with Crippen LogP contribution in [0, 0.1) is 12.7 Å². The van der Waals surface area contributed by atoms with Crippen LogP contribution in [-0.4, -0.2) is 12.5 Å². The predicted octanol–water partition coefficient (Wildman–Crippen LogP) is 3.31. The van der Waals surface area contributed by atoms with E-state index in [-0.39, 0.29) is 5.56 Å². The summed E-state index contributed by atoms with van der Waals surface area (Å²) in [5.41, 5.74) is 4.76. The average Bonchev–Trinajstić information content (AvgIpc) is 2.46. The zero-order chi connectivity index (χ0) is 14.5. The van der Waals surface area contributed by atoms with Crippen molar-refractivity contribution in [2.75, 3.05) is 11.6 Å². The molecule has 0 bridgehead atoms. The number of aryl methyl sites for hydroxylation is 1. The number of hydrogen-bond donors (Lipinski definition) is 1. The van der Waals surface area contributed by atoms with Crippen molar-refractivity contribution in [1.82, 2.24) is 5.43 Å². The first kappa shape index (κ1) is 14.1. The summed E-state index contributed by atoms with van der Waals surface area (Å²) in [6.07, 6.45) is 0. The summed E-state index contributed by atoms with van der Waals surface area (Å²) in [5.74, 6) is -0.976. The Balaban J connectivity index is 2.16. The number of carbonyl (C=O) groups is 1. The average molecular weight is 272 g/mol. The van der Waals surface area contributed by atoms with Gasteiger partial charge in [0.25, 0.3) is 5.91 Å². The molecule has 1 N–H and O–H groups in total. The van der Waals surface area contributed by atoms with E-state index in [9.17, 15) is 9.18 Å². The molecule has 2 aromatic carbocycles. The van der Waals surface area contributed by atoms with E-state index >= 15 is 0 Å². The minimum atomic E-state index is -0.523. The van der Waals surface area contributed by atoms with Crippen molar-refractivity contribution in [3.63, 3.8) is 0 Å². The molecule has 0 saturated carbocycles. The Hall–Kier alpha value is -2.36.